The van der Waals surface area contributed by atoms with E-state index in [2.05, 4.69) is 11.6 Å². The zero-order valence-electron chi connectivity index (χ0n) is 12.7. The van der Waals surface area contributed by atoms with Crippen molar-refractivity contribution in [2.45, 2.75) is 51.9 Å². The molecule has 1 fully saturated rings. The van der Waals surface area contributed by atoms with Crippen molar-refractivity contribution in [3.63, 3.8) is 0 Å². The summed E-state index contributed by atoms with van der Waals surface area (Å²) in [5.41, 5.74) is 8.97. The Kier molecular flexibility index (Phi) is 3.86. The molecule has 0 heterocycles. The highest BCUT2D eigenvalue weighted by molar-refractivity contribution is 7.89. The number of nitrogen functional groups attached to an aromatic ring is 1. The van der Waals surface area contributed by atoms with Gasteiger partial charge in [0.25, 0.3) is 0 Å². The molecular formula is C15H24N2O2S. The van der Waals surface area contributed by atoms with Crippen molar-refractivity contribution >= 4 is 15.7 Å². The third-order valence-electron chi connectivity index (χ3n) is 4.48. The minimum absolute atomic E-state index is 0.116. The van der Waals surface area contributed by atoms with Crippen molar-refractivity contribution in [1.82, 2.24) is 4.72 Å². The summed E-state index contributed by atoms with van der Waals surface area (Å²) in [6.45, 7) is 8.12. The second kappa shape index (κ2) is 5.04. The summed E-state index contributed by atoms with van der Waals surface area (Å²) in [4.78, 5) is 0.337. The molecule has 1 aromatic rings. The summed E-state index contributed by atoms with van der Waals surface area (Å²) in [7, 11) is -3.50. The fraction of sp³-hybridized carbons (Fsp3) is 0.600. The van der Waals surface area contributed by atoms with Crippen molar-refractivity contribution in [2.24, 2.45) is 5.41 Å². The van der Waals surface area contributed by atoms with E-state index in [0.29, 0.717) is 22.7 Å². The zero-order chi connectivity index (χ0) is 15.1. The maximum absolute atomic E-state index is 12.6. The molecule has 3 N–H and O–H groups in total. The van der Waals surface area contributed by atoms with Gasteiger partial charge in [0.2, 0.25) is 10.0 Å². The van der Waals surface area contributed by atoms with Crippen LogP contribution in [-0.2, 0) is 10.0 Å². The Balaban J connectivity index is 2.32. The maximum Gasteiger partial charge on any atom is 0.241 e. The van der Waals surface area contributed by atoms with E-state index in [1.54, 1.807) is 6.92 Å². The standard InChI is InChI=1S/C15H24N2O2S/c1-10-8-11(2)14(12(3)13(10)16)20(18,19)17-9-15(4)6-5-7-15/h8,17H,5-7,9,16H2,1-4H3. The molecule has 4 nitrogen and oxygen atoms in total. The third kappa shape index (κ3) is 2.69. The zero-order valence-corrected chi connectivity index (χ0v) is 13.5. The van der Waals surface area contributed by atoms with Gasteiger partial charge in [0.1, 0.15) is 0 Å². The second-order valence-electron chi connectivity index (χ2n) is 6.37. The molecule has 5 heteroatoms. The Labute approximate surface area is 121 Å². The number of hydrogen-bond donors (Lipinski definition) is 2. The number of anilines is 1. The molecule has 1 aromatic carbocycles. The monoisotopic (exact) mass is 296 g/mol. The Morgan fingerprint density at radius 3 is 2.35 bits per heavy atom. The molecule has 0 amide bonds. The van der Waals surface area contributed by atoms with E-state index in [1.807, 2.05) is 19.9 Å². The average molecular weight is 296 g/mol. The number of nitrogens with one attached hydrogen (secondary N) is 1. The highest BCUT2D eigenvalue weighted by atomic mass is 32.2. The second-order valence-corrected chi connectivity index (χ2v) is 8.07. The predicted octanol–water partition coefficient (Wildman–Crippen LogP) is 2.66. The molecule has 112 valence electrons. The molecule has 0 aliphatic heterocycles. The molecule has 1 saturated carbocycles. The van der Waals surface area contributed by atoms with Crippen LogP contribution in [0, 0.1) is 26.2 Å². The lowest BCUT2D eigenvalue weighted by molar-refractivity contribution is 0.166. The van der Waals surface area contributed by atoms with Crippen LogP contribution < -0.4 is 10.5 Å². The first-order valence-corrected chi connectivity index (χ1v) is 8.50. The third-order valence-corrected chi connectivity index (χ3v) is 6.17. The van der Waals surface area contributed by atoms with Gasteiger partial charge in [-0.3, -0.25) is 0 Å². The average Bonchev–Trinajstić information content (AvgIpc) is 2.31. The quantitative estimate of drug-likeness (QED) is 0.839. The van der Waals surface area contributed by atoms with Gasteiger partial charge in [-0.15, -0.1) is 0 Å². The van der Waals surface area contributed by atoms with Crippen LogP contribution in [0.5, 0.6) is 0 Å². The first kappa shape index (κ1) is 15.3. The Hall–Kier alpha value is -1.07. The lowest BCUT2D eigenvalue weighted by atomic mass is 9.71. The van der Waals surface area contributed by atoms with Gasteiger partial charge in [-0.05, 0) is 55.7 Å². The molecule has 0 bridgehead atoms. The molecule has 0 saturated heterocycles. The van der Waals surface area contributed by atoms with Gasteiger partial charge in [-0.25, -0.2) is 13.1 Å². The summed E-state index contributed by atoms with van der Waals surface area (Å²) in [5.74, 6) is 0. The van der Waals surface area contributed by atoms with Crippen LogP contribution in [0.2, 0.25) is 0 Å². The van der Waals surface area contributed by atoms with Crippen molar-refractivity contribution < 1.29 is 8.42 Å². The molecule has 0 atom stereocenters. The van der Waals surface area contributed by atoms with Crippen LogP contribution >= 0.6 is 0 Å². The van der Waals surface area contributed by atoms with Crippen LogP contribution in [0.15, 0.2) is 11.0 Å². The summed E-state index contributed by atoms with van der Waals surface area (Å²) < 4.78 is 27.9. The summed E-state index contributed by atoms with van der Waals surface area (Å²) >= 11 is 0. The predicted molar refractivity (Wildman–Crippen MR) is 82.2 cm³/mol. The number of aryl methyl sites for hydroxylation is 2. The molecule has 0 radical (unpaired) electrons. The summed E-state index contributed by atoms with van der Waals surface area (Å²) in [6.07, 6.45) is 3.36. The van der Waals surface area contributed by atoms with Crippen LogP contribution in [0.4, 0.5) is 5.69 Å². The normalized spacial score (nSPS) is 17.8. The number of rotatable bonds is 4. The molecule has 0 spiro atoms. The minimum atomic E-state index is -3.50. The van der Waals surface area contributed by atoms with E-state index < -0.39 is 10.0 Å². The number of benzene rings is 1. The van der Waals surface area contributed by atoms with Gasteiger partial charge >= 0.3 is 0 Å². The van der Waals surface area contributed by atoms with Crippen LogP contribution in [0.1, 0.15) is 42.9 Å². The van der Waals surface area contributed by atoms with Crippen LogP contribution in [-0.4, -0.2) is 15.0 Å². The van der Waals surface area contributed by atoms with Crippen molar-refractivity contribution in [3.8, 4) is 0 Å². The maximum atomic E-state index is 12.6. The largest absolute Gasteiger partial charge is 0.398 e. The number of nitrogens with two attached hydrogens (primary N) is 1. The topological polar surface area (TPSA) is 72.2 Å². The van der Waals surface area contributed by atoms with E-state index in [4.69, 9.17) is 5.73 Å². The fourth-order valence-corrected chi connectivity index (χ4v) is 4.57. The molecule has 2 rings (SSSR count). The van der Waals surface area contributed by atoms with Crippen molar-refractivity contribution in [1.29, 1.82) is 0 Å². The van der Waals surface area contributed by atoms with Crippen molar-refractivity contribution in [2.75, 3.05) is 12.3 Å². The smallest absolute Gasteiger partial charge is 0.241 e. The molecule has 0 aromatic heterocycles. The van der Waals surface area contributed by atoms with Gasteiger partial charge in [0, 0.05) is 12.2 Å². The molecular weight excluding hydrogens is 272 g/mol. The Morgan fingerprint density at radius 2 is 1.85 bits per heavy atom. The molecule has 0 unspecified atom stereocenters. The lowest BCUT2D eigenvalue weighted by Gasteiger charge is -2.38. The van der Waals surface area contributed by atoms with E-state index in [9.17, 15) is 8.42 Å². The van der Waals surface area contributed by atoms with Crippen LogP contribution in [0.3, 0.4) is 0 Å². The fourth-order valence-electron chi connectivity index (χ4n) is 2.89. The Bertz CT molecular complexity index is 632. The SMILES string of the molecule is Cc1cc(C)c(S(=O)(=O)NCC2(C)CCC2)c(C)c1N. The first-order chi connectivity index (χ1) is 9.16. The van der Waals surface area contributed by atoms with Gasteiger partial charge in [-0.1, -0.05) is 19.4 Å². The molecule has 1 aliphatic carbocycles. The number of hydrogen-bond acceptors (Lipinski definition) is 3. The van der Waals surface area contributed by atoms with E-state index >= 15 is 0 Å². The van der Waals surface area contributed by atoms with Crippen molar-refractivity contribution in [3.05, 3.63) is 22.8 Å². The van der Waals surface area contributed by atoms with Gasteiger partial charge in [0.15, 0.2) is 0 Å². The van der Waals surface area contributed by atoms with E-state index in [-0.39, 0.29) is 5.41 Å². The molecule has 20 heavy (non-hydrogen) atoms. The highest BCUT2D eigenvalue weighted by Gasteiger charge is 2.33. The lowest BCUT2D eigenvalue weighted by Crippen LogP contribution is -2.40. The van der Waals surface area contributed by atoms with Gasteiger partial charge in [0.05, 0.1) is 4.90 Å². The van der Waals surface area contributed by atoms with Gasteiger partial charge in [-0.2, -0.15) is 0 Å². The number of sulfonamides is 1. The summed E-state index contributed by atoms with van der Waals surface area (Å²) in [5, 5.41) is 0. The van der Waals surface area contributed by atoms with Crippen LogP contribution in [0.25, 0.3) is 0 Å². The Morgan fingerprint density at radius 1 is 1.25 bits per heavy atom. The van der Waals surface area contributed by atoms with E-state index in [1.165, 1.54) is 6.42 Å². The van der Waals surface area contributed by atoms with E-state index in [0.717, 1.165) is 24.0 Å². The minimum Gasteiger partial charge on any atom is -0.398 e. The highest BCUT2D eigenvalue weighted by Crippen LogP contribution is 2.40. The molecule has 1 aliphatic rings. The van der Waals surface area contributed by atoms with Gasteiger partial charge < -0.3 is 5.73 Å². The summed E-state index contributed by atoms with van der Waals surface area (Å²) in [6, 6.07) is 1.84. The first-order valence-electron chi connectivity index (χ1n) is 7.02.